The molecule has 0 radical (unpaired) electrons. The number of rotatable bonds is 16. The summed E-state index contributed by atoms with van der Waals surface area (Å²) in [6.45, 7) is 0. The standard InChI is InChI=1S/C64H41N3.C40H28N2.C39H24N2/c1-5-19-42(20-6-1)47-35-48(43-21-7-2-8-22-43)38-51(37-47)62-65-61(66-63(67-62)52-39-49(44-23-9-3-10-24-44)36-50(40-52)45-25-11-4-12-26-45)46-33-34-56-55-29-15-18-32-59(55)64(60(56)41-46)57-30-16-13-27-53(57)54-28-14-17-31-58(54)64;1-3-7-31(8-4-1)33-19-25-39-35(27-33)17-23-37(41-39)21-15-29-11-13-30(14-12-29)16-22-38-24-18-36-28-34(20-26-40(36)42-38)32-9-5-2-6-10-32;1-3-9-36-32(7-1)33-8-2-4-10-37(33)41(36)29-17-11-25(12-18-29)30-19-13-26-16-22-35-31(28-6-5-23-40-24-28)20-14-27-15-21-34(30)38(26)39(27)35/h1-41H;1-28H;1-24H/b;21-15+,22-16+;. The van der Waals surface area contributed by atoms with Crippen molar-refractivity contribution < 1.29 is 0 Å². The molecule has 5 heterocycles. The first-order valence-corrected chi connectivity index (χ1v) is 51.1. The van der Waals surface area contributed by atoms with E-state index < -0.39 is 5.41 Å². The van der Waals surface area contributed by atoms with Gasteiger partial charge in [-0.1, -0.05) is 431 Å². The molecule has 0 saturated carbocycles. The van der Waals surface area contributed by atoms with Gasteiger partial charge in [0.1, 0.15) is 0 Å². The molecule has 150 heavy (non-hydrogen) atoms. The lowest BCUT2D eigenvalue weighted by molar-refractivity contribution is 0.794. The van der Waals surface area contributed by atoms with Crippen LogP contribution in [0.5, 0.6) is 0 Å². The second kappa shape index (κ2) is 38.4. The van der Waals surface area contributed by atoms with E-state index in [1.807, 2.05) is 30.6 Å². The van der Waals surface area contributed by atoms with Gasteiger partial charge < -0.3 is 4.57 Å². The van der Waals surface area contributed by atoms with Crippen LogP contribution in [0.15, 0.2) is 540 Å². The van der Waals surface area contributed by atoms with Crippen molar-refractivity contribution in [3.05, 3.63) is 585 Å². The van der Waals surface area contributed by atoms with E-state index in [-0.39, 0.29) is 0 Å². The van der Waals surface area contributed by atoms with Crippen LogP contribution in [0.2, 0.25) is 0 Å². The summed E-state index contributed by atoms with van der Waals surface area (Å²) < 4.78 is 2.37. The summed E-state index contributed by atoms with van der Waals surface area (Å²) in [7, 11) is 0. The zero-order valence-electron chi connectivity index (χ0n) is 81.8. The van der Waals surface area contributed by atoms with Gasteiger partial charge in [-0.25, -0.2) is 24.9 Å². The summed E-state index contributed by atoms with van der Waals surface area (Å²) in [4.78, 5) is 30.5. The predicted molar refractivity (Wildman–Crippen MR) is 626 cm³/mol. The fourth-order valence-electron chi connectivity index (χ4n) is 22.7. The van der Waals surface area contributed by atoms with Gasteiger partial charge >= 0.3 is 0 Å². The van der Waals surface area contributed by atoms with Gasteiger partial charge in [0.2, 0.25) is 0 Å². The van der Waals surface area contributed by atoms with Crippen LogP contribution < -0.4 is 0 Å². The summed E-state index contributed by atoms with van der Waals surface area (Å²) in [6, 6.07) is 189. The molecule has 0 atom stereocenters. The average molecular weight is 1910 g/mol. The molecular weight excluding hydrogens is 1820 g/mol. The Bertz CT molecular complexity index is 9370. The van der Waals surface area contributed by atoms with E-state index in [0.29, 0.717) is 17.5 Å². The number of hydrogen-bond donors (Lipinski definition) is 0. The Morgan fingerprint density at radius 3 is 0.940 bits per heavy atom. The maximum atomic E-state index is 5.49. The van der Waals surface area contributed by atoms with E-state index in [2.05, 4.69) is 543 Å². The van der Waals surface area contributed by atoms with Crippen molar-refractivity contribution in [3.8, 4) is 151 Å². The second-order valence-corrected chi connectivity index (χ2v) is 38.7. The molecule has 2 aliphatic carbocycles. The third-order valence-electron chi connectivity index (χ3n) is 29.8. The summed E-state index contributed by atoms with van der Waals surface area (Å²) >= 11 is 0. The van der Waals surface area contributed by atoms with E-state index >= 15 is 0 Å². The smallest absolute Gasteiger partial charge is 0.164 e. The van der Waals surface area contributed by atoms with Crippen LogP contribution in [-0.4, -0.2) is 34.5 Å². The van der Waals surface area contributed by atoms with Crippen molar-refractivity contribution in [2.45, 2.75) is 5.41 Å². The van der Waals surface area contributed by atoms with Gasteiger partial charge in [-0.3, -0.25) is 4.98 Å². The van der Waals surface area contributed by atoms with Crippen molar-refractivity contribution in [2.75, 3.05) is 0 Å². The van der Waals surface area contributed by atoms with Gasteiger partial charge in [-0.2, -0.15) is 0 Å². The maximum absolute atomic E-state index is 5.49. The fourth-order valence-corrected chi connectivity index (χ4v) is 22.7. The van der Waals surface area contributed by atoms with Crippen LogP contribution in [0.4, 0.5) is 0 Å². The van der Waals surface area contributed by atoms with E-state index in [1.165, 1.54) is 143 Å². The van der Waals surface area contributed by atoms with Gasteiger partial charge in [0.15, 0.2) is 17.5 Å². The number of pyridine rings is 3. The molecule has 0 fully saturated rings. The lowest BCUT2D eigenvalue weighted by atomic mass is 9.70. The molecule has 0 bridgehead atoms. The average Bonchev–Trinajstić information content (AvgIpc) is 1.50. The van der Waals surface area contributed by atoms with Gasteiger partial charge in [0.25, 0.3) is 0 Å². The van der Waals surface area contributed by atoms with Crippen LogP contribution >= 0.6 is 0 Å². The van der Waals surface area contributed by atoms with Crippen molar-refractivity contribution in [3.63, 3.8) is 0 Å². The minimum Gasteiger partial charge on any atom is -0.309 e. The third-order valence-corrected chi connectivity index (χ3v) is 29.8. The summed E-state index contributed by atoms with van der Waals surface area (Å²) in [5, 5.41) is 12.6. The van der Waals surface area contributed by atoms with E-state index in [0.717, 1.165) is 111 Å². The molecule has 0 saturated heterocycles. The maximum Gasteiger partial charge on any atom is 0.164 e. The Hall–Kier alpha value is -19.9. The van der Waals surface area contributed by atoms with Crippen LogP contribution in [-0.2, 0) is 5.41 Å². The summed E-state index contributed by atoms with van der Waals surface area (Å²) in [6.07, 6.45) is 12.1. The van der Waals surface area contributed by atoms with E-state index in [4.69, 9.17) is 24.9 Å². The molecule has 22 aromatic carbocycles. The number of benzene rings is 22. The van der Waals surface area contributed by atoms with Gasteiger partial charge in [0.05, 0.1) is 38.9 Å². The molecule has 5 aromatic heterocycles. The summed E-state index contributed by atoms with van der Waals surface area (Å²) in [5.74, 6) is 1.83. The number of hydrogen-bond acceptors (Lipinski definition) is 6. The third kappa shape index (κ3) is 16.5. The first-order chi connectivity index (χ1) is 74.3. The number of para-hydroxylation sites is 2. The molecule has 7 nitrogen and oxygen atoms in total. The lowest BCUT2D eigenvalue weighted by Gasteiger charge is -2.30. The first kappa shape index (κ1) is 89.0. The zero-order valence-corrected chi connectivity index (χ0v) is 81.8. The molecule has 0 unspecified atom stereocenters. The van der Waals surface area contributed by atoms with Crippen LogP contribution in [0.3, 0.4) is 0 Å². The van der Waals surface area contributed by atoms with Gasteiger partial charge in [-0.05, 0) is 293 Å². The Kier molecular flexibility index (Phi) is 22.8. The Morgan fingerprint density at radius 1 is 0.187 bits per heavy atom. The molecule has 700 valence electrons. The molecule has 2 aliphatic rings. The van der Waals surface area contributed by atoms with Crippen LogP contribution in [0.1, 0.15) is 44.8 Å². The number of aromatic nitrogens is 7. The minimum atomic E-state index is -0.503. The molecule has 29 rings (SSSR count). The summed E-state index contributed by atoms with van der Waals surface area (Å²) in [5.41, 5.74) is 40.7. The second-order valence-electron chi connectivity index (χ2n) is 38.7. The first-order valence-electron chi connectivity index (χ1n) is 51.1. The predicted octanol–water partition coefficient (Wildman–Crippen LogP) is 36.8. The highest BCUT2D eigenvalue weighted by molar-refractivity contribution is 6.28. The Morgan fingerprint density at radius 2 is 0.520 bits per heavy atom. The van der Waals surface area contributed by atoms with Gasteiger partial charge in [-0.15, -0.1) is 0 Å². The lowest BCUT2D eigenvalue weighted by Crippen LogP contribution is -2.25. The van der Waals surface area contributed by atoms with Crippen molar-refractivity contribution >= 4 is 100 Å². The highest BCUT2D eigenvalue weighted by Gasteiger charge is 2.52. The molecule has 7 heteroatoms. The van der Waals surface area contributed by atoms with Crippen molar-refractivity contribution in [1.29, 1.82) is 0 Å². The monoisotopic (exact) mass is 1910 g/mol. The van der Waals surface area contributed by atoms with Crippen molar-refractivity contribution in [1.82, 2.24) is 34.5 Å². The topological polar surface area (TPSA) is 82.3 Å². The number of nitrogens with zero attached hydrogens (tertiary/aromatic N) is 7. The molecule has 0 N–H and O–H groups in total. The van der Waals surface area contributed by atoms with E-state index in [1.54, 1.807) is 0 Å². The number of fused-ring (bicyclic) bond motifs is 15. The molecule has 0 amide bonds. The highest BCUT2D eigenvalue weighted by Crippen LogP contribution is 2.63. The van der Waals surface area contributed by atoms with Crippen LogP contribution in [0.25, 0.3) is 251 Å². The SMILES string of the molecule is C(=C\c1ccc2cc(-c3ccccc3)ccc2n1)/c1ccc(/C=C/c2ccc3cc(-c4ccccc4)ccc3n2)cc1.c1ccc(-c2cc(-c3ccccc3)cc(-c3nc(-c4cc(-c5ccccc5)cc(-c5ccccc5)c4)nc(-c4ccc5c(c4)C4(c6ccccc6-c6ccccc64)c4ccccc4-5)n3)c2)cc1.c1cncc(-c2ccc3ccc4c(-c5ccc(-n6c7ccccc7c7ccccc76)cc5)ccc5ccc2c3c54)c1. The molecule has 27 aromatic rings. The van der Waals surface area contributed by atoms with Gasteiger partial charge in [0, 0.05) is 61.9 Å². The normalized spacial score (nSPS) is 12.1. The van der Waals surface area contributed by atoms with Crippen molar-refractivity contribution in [2.24, 2.45) is 0 Å². The molecule has 1 spiro atoms. The quantitative estimate of drug-likeness (QED) is 0.0897. The van der Waals surface area contributed by atoms with E-state index in [9.17, 15) is 0 Å². The Balaban J connectivity index is 0.000000116. The zero-order chi connectivity index (χ0) is 99.4. The minimum absolute atomic E-state index is 0.503. The molecular formula is C143H93N7. The van der Waals surface area contributed by atoms with Crippen LogP contribution in [0, 0.1) is 0 Å². The fraction of sp³-hybridized carbons (Fsp3) is 0.00699. The molecule has 0 aliphatic heterocycles. The Labute approximate surface area is 869 Å². The highest BCUT2D eigenvalue weighted by atomic mass is 15.0. The largest absolute Gasteiger partial charge is 0.309 e.